The van der Waals surface area contributed by atoms with Gasteiger partial charge < -0.3 is 15.5 Å². The fourth-order valence-corrected chi connectivity index (χ4v) is 3.28. The number of fused-ring (bicyclic) bond motifs is 1. The van der Waals surface area contributed by atoms with Crippen LogP contribution in [0.4, 0.5) is 11.5 Å². The van der Waals surface area contributed by atoms with E-state index in [-0.39, 0.29) is 11.4 Å². The van der Waals surface area contributed by atoms with Crippen LogP contribution in [0.25, 0.3) is 10.8 Å². The molecule has 1 aromatic heterocycles. The molecule has 0 aliphatic carbocycles. The highest BCUT2D eigenvalue weighted by Gasteiger charge is 2.45. The van der Waals surface area contributed by atoms with E-state index in [1.165, 1.54) is 0 Å². The number of nitrogens with one attached hydrogen (secondary N) is 2. The summed E-state index contributed by atoms with van der Waals surface area (Å²) in [4.78, 5) is 18.4. The first kappa shape index (κ1) is 14.0. The van der Waals surface area contributed by atoms with Crippen molar-refractivity contribution in [3.8, 4) is 0 Å². The zero-order chi connectivity index (χ0) is 15.2. The molecular formula is C15H18N4OS. The predicted octanol–water partition coefficient (Wildman–Crippen LogP) is 2.20. The third kappa shape index (κ3) is 2.10. The fraction of sp³-hybridized carbons (Fsp3) is 0.333. The Morgan fingerprint density at radius 1 is 1.38 bits per heavy atom. The molecule has 1 atom stereocenters. The largest absolute Gasteiger partial charge is 0.373 e. The summed E-state index contributed by atoms with van der Waals surface area (Å²) >= 11 is 4.48. The second kappa shape index (κ2) is 4.80. The molecule has 1 aliphatic rings. The Bertz CT molecular complexity index is 716. The van der Waals surface area contributed by atoms with Crippen LogP contribution in [0.5, 0.6) is 0 Å². The molecule has 0 spiro atoms. The monoisotopic (exact) mass is 302 g/mol. The summed E-state index contributed by atoms with van der Waals surface area (Å²) in [7, 11) is 1.85. The van der Waals surface area contributed by atoms with Gasteiger partial charge in [0.05, 0.1) is 0 Å². The molecule has 1 fully saturated rings. The van der Waals surface area contributed by atoms with Gasteiger partial charge >= 0.3 is 0 Å². The standard InChI is InChI=1S/C15H18N4OS/c1-15(2)13(20)18-14(21)19(15)10-5-4-9-6-7-17-12(16-3)11(9)8-10/h4-8,14,21H,1-3H3,(H,16,17)(H,18,20). The van der Waals surface area contributed by atoms with Crippen molar-refractivity contribution >= 4 is 40.8 Å². The molecule has 0 bridgehead atoms. The summed E-state index contributed by atoms with van der Waals surface area (Å²) < 4.78 is 0. The second-order valence-electron chi connectivity index (χ2n) is 5.59. The first-order chi connectivity index (χ1) is 9.95. The van der Waals surface area contributed by atoms with E-state index in [4.69, 9.17) is 0 Å². The van der Waals surface area contributed by atoms with Gasteiger partial charge in [-0.1, -0.05) is 6.07 Å². The minimum absolute atomic E-state index is 0.0253. The molecule has 0 saturated carbocycles. The van der Waals surface area contributed by atoms with Crippen molar-refractivity contribution < 1.29 is 4.79 Å². The number of thiol groups is 1. The number of aromatic nitrogens is 1. The van der Waals surface area contributed by atoms with Crippen molar-refractivity contribution in [1.29, 1.82) is 0 Å². The van der Waals surface area contributed by atoms with E-state index in [0.717, 1.165) is 22.3 Å². The smallest absolute Gasteiger partial charge is 0.247 e. The number of hydrogen-bond acceptors (Lipinski definition) is 5. The maximum atomic E-state index is 12.1. The van der Waals surface area contributed by atoms with Crippen molar-refractivity contribution in [2.45, 2.75) is 24.9 Å². The number of carbonyl (C=O) groups is 1. The third-order valence-electron chi connectivity index (χ3n) is 3.93. The third-order valence-corrected chi connectivity index (χ3v) is 4.29. The first-order valence-corrected chi connectivity index (χ1v) is 7.31. The van der Waals surface area contributed by atoms with Crippen LogP contribution < -0.4 is 15.5 Å². The fourth-order valence-electron chi connectivity index (χ4n) is 2.74. The average molecular weight is 302 g/mol. The van der Waals surface area contributed by atoms with Gasteiger partial charge in [0, 0.05) is 24.3 Å². The van der Waals surface area contributed by atoms with E-state index >= 15 is 0 Å². The number of anilines is 2. The lowest BCUT2D eigenvalue weighted by Crippen LogP contribution is -2.44. The Hall–Kier alpha value is -1.95. The van der Waals surface area contributed by atoms with Crippen LogP contribution in [0.1, 0.15) is 13.8 Å². The van der Waals surface area contributed by atoms with Crippen LogP contribution in [0, 0.1) is 0 Å². The Morgan fingerprint density at radius 2 is 2.14 bits per heavy atom. The van der Waals surface area contributed by atoms with Crippen LogP contribution >= 0.6 is 12.6 Å². The van der Waals surface area contributed by atoms with Crippen LogP contribution in [0.3, 0.4) is 0 Å². The highest BCUT2D eigenvalue weighted by molar-refractivity contribution is 7.81. The first-order valence-electron chi connectivity index (χ1n) is 6.80. The zero-order valence-corrected chi connectivity index (χ0v) is 13.1. The van der Waals surface area contributed by atoms with Gasteiger partial charge in [0.2, 0.25) is 5.91 Å². The number of amides is 1. The van der Waals surface area contributed by atoms with E-state index in [2.05, 4.69) is 28.2 Å². The Labute approximate surface area is 129 Å². The molecule has 110 valence electrons. The summed E-state index contributed by atoms with van der Waals surface area (Å²) in [6.07, 6.45) is 1.78. The van der Waals surface area contributed by atoms with Crippen LogP contribution in [0.15, 0.2) is 30.5 Å². The molecule has 1 aromatic carbocycles. The van der Waals surface area contributed by atoms with E-state index in [9.17, 15) is 4.79 Å². The lowest BCUT2D eigenvalue weighted by atomic mass is 10.0. The SMILES string of the molecule is CNc1nccc2ccc(N3C(S)NC(=O)C3(C)C)cc12. The molecule has 1 aliphatic heterocycles. The number of rotatable bonds is 2. The van der Waals surface area contributed by atoms with Gasteiger partial charge in [-0.25, -0.2) is 4.98 Å². The molecule has 0 radical (unpaired) electrons. The normalized spacial score (nSPS) is 20.7. The second-order valence-corrected chi connectivity index (χ2v) is 6.08. The number of hydrogen-bond donors (Lipinski definition) is 3. The summed E-state index contributed by atoms with van der Waals surface area (Å²) in [6.45, 7) is 3.79. The van der Waals surface area contributed by atoms with E-state index < -0.39 is 5.54 Å². The molecule has 1 unspecified atom stereocenters. The molecule has 1 amide bonds. The topological polar surface area (TPSA) is 57.3 Å². The highest BCUT2D eigenvalue weighted by Crippen LogP contribution is 2.35. The van der Waals surface area contributed by atoms with Gasteiger partial charge in [-0.3, -0.25) is 4.79 Å². The van der Waals surface area contributed by atoms with Gasteiger partial charge in [0.25, 0.3) is 0 Å². The molecule has 21 heavy (non-hydrogen) atoms. The Balaban J connectivity index is 2.15. The maximum absolute atomic E-state index is 12.1. The average Bonchev–Trinajstić information content (AvgIpc) is 2.66. The van der Waals surface area contributed by atoms with Crippen LogP contribution in [-0.4, -0.2) is 29.0 Å². The minimum Gasteiger partial charge on any atom is -0.373 e. The lowest BCUT2D eigenvalue weighted by Gasteiger charge is -2.33. The highest BCUT2D eigenvalue weighted by atomic mass is 32.1. The lowest BCUT2D eigenvalue weighted by molar-refractivity contribution is -0.122. The summed E-state index contributed by atoms with van der Waals surface area (Å²) in [5.74, 6) is 0.795. The Kier molecular flexibility index (Phi) is 3.20. The van der Waals surface area contributed by atoms with Gasteiger partial charge in [0.1, 0.15) is 16.9 Å². The number of carbonyl (C=O) groups excluding carboxylic acids is 1. The van der Waals surface area contributed by atoms with Gasteiger partial charge in [0.15, 0.2) is 0 Å². The quantitative estimate of drug-likeness (QED) is 0.745. The van der Waals surface area contributed by atoms with Gasteiger partial charge in [-0.15, -0.1) is 12.6 Å². The van der Waals surface area contributed by atoms with Crippen LogP contribution in [-0.2, 0) is 4.79 Å². The number of benzene rings is 1. The van der Waals surface area contributed by atoms with Gasteiger partial charge in [-0.2, -0.15) is 0 Å². The molecule has 2 aromatic rings. The van der Waals surface area contributed by atoms with E-state index in [1.807, 2.05) is 50.1 Å². The van der Waals surface area contributed by atoms with E-state index in [0.29, 0.717) is 0 Å². The molecule has 3 rings (SSSR count). The zero-order valence-electron chi connectivity index (χ0n) is 12.2. The predicted molar refractivity (Wildman–Crippen MR) is 88.8 cm³/mol. The summed E-state index contributed by atoms with van der Waals surface area (Å²) in [5.41, 5.74) is -0.0303. The summed E-state index contributed by atoms with van der Waals surface area (Å²) in [6, 6.07) is 8.05. The van der Waals surface area contributed by atoms with Crippen LogP contribution in [0.2, 0.25) is 0 Å². The molecule has 2 heterocycles. The Morgan fingerprint density at radius 3 is 2.76 bits per heavy atom. The number of pyridine rings is 1. The molecule has 5 nitrogen and oxygen atoms in total. The van der Waals surface area contributed by atoms with Crippen molar-refractivity contribution in [1.82, 2.24) is 10.3 Å². The van der Waals surface area contributed by atoms with Crippen molar-refractivity contribution in [2.75, 3.05) is 17.3 Å². The van der Waals surface area contributed by atoms with Crippen molar-refractivity contribution in [2.24, 2.45) is 0 Å². The minimum atomic E-state index is -0.637. The van der Waals surface area contributed by atoms with Gasteiger partial charge in [-0.05, 0) is 37.4 Å². The molecule has 2 N–H and O–H groups in total. The molecule has 6 heteroatoms. The maximum Gasteiger partial charge on any atom is 0.247 e. The van der Waals surface area contributed by atoms with Crippen molar-refractivity contribution in [3.63, 3.8) is 0 Å². The molecule has 1 saturated heterocycles. The van der Waals surface area contributed by atoms with Crippen molar-refractivity contribution in [3.05, 3.63) is 30.5 Å². The molecular weight excluding hydrogens is 284 g/mol. The van der Waals surface area contributed by atoms with E-state index in [1.54, 1.807) is 6.20 Å². The summed E-state index contributed by atoms with van der Waals surface area (Å²) in [5, 5.41) is 8.07. The number of nitrogens with zero attached hydrogens (tertiary/aromatic N) is 2.